The molecule has 0 radical (unpaired) electrons. The largest absolute Gasteiger partial charge is 0.378 e. The van der Waals surface area contributed by atoms with Crippen LogP contribution in [0.25, 0.3) is 0 Å². The molecular weight excluding hydrogens is 338 g/mol. The highest BCUT2D eigenvalue weighted by atomic mass is 16.5. The van der Waals surface area contributed by atoms with Crippen molar-refractivity contribution in [1.29, 1.82) is 0 Å². The van der Waals surface area contributed by atoms with E-state index in [4.69, 9.17) is 9.73 Å². The summed E-state index contributed by atoms with van der Waals surface area (Å²) in [6, 6.07) is 0.999. The lowest BCUT2D eigenvalue weighted by Crippen LogP contribution is -2.66. The highest BCUT2D eigenvalue weighted by molar-refractivity contribution is 5.80. The Hall–Kier alpha value is -0.850. The summed E-state index contributed by atoms with van der Waals surface area (Å²) in [5, 5.41) is 7.28. The maximum atomic E-state index is 6.11. The molecule has 27 heavy (non-hydrogen) atoms. The predicted molar refractivity (Wildman–Crippen MR) is 112 cm³/mol. The lowest BCUT2D eigenvalue weighted by molar-refractivity contribution is -0.145. The fourth-order valence-electron chi connectivity index (χ4n) is 5.25. The van der Waals surface area contributed by atoms with Crippen molar-refractivity contribution in [2.24, 2.45) is 10.4 Å². The molecule has 3 unspecified atom stereocenters. The summed E-state index contributed by atoms with van der Waals surface area (Å²) in [6.07, 6.45) is 8.20. The van der Waals surface area contributed by atoms with Gasteiger partial charge in [-0.3, -0.25) is 9.89 Å². The van der Waals surface area contributed by atoms with Crippen LogP contribution in [0, 0.1) is 5.41 Å². The molecule has 2 saturated carbocycles. The first-order valence-electron chi connectivity index (χ1n) is 11.1. The number of aliphatic imine (C=N–C) groups is 1. The molecule has 3 fully saturated rings. The molecule has 6 heteroatoms. The van der Waals surface area contributed by atoms with Gasteiger partial charge in [-0.15, -0.1) is 0 Å². The Balaban J connectivity index is 1.63. The molecule has 1 spiro atoms. The Labute approximate surface area is 166 Å². The number of nitrogens with zero attached hydrogens (tertiary/aromatic N) is 3. The fraction of sp³-hybridized carbons (Fsp3) is 0.952. The van der Waals surface area contributed by atoms with Gasteiger partial charge in [0.2, 0.25) is 0 Å². The quantitative estimate of drug-likeness (QED) is 0.545. The molecule has 2 aliphatic carbocycles. The molecule has 2 N–H and O–H groups in total. The molecule has 0 bridgehead atoms. The van der Waals surface area contributed by atoms with Crippen molar-refractivity contribution in [3.8, 4) is 0 Å². The third-order valence-corrected chi connectivity index (χ3v) is 7.03. The molecule has 6 nitrogen and oxygen atoms in total. The summed E-state index contributed by atoms with van der Waals surface area (Å²) in [7, 11) is 4.44. The molecule has 1 saturated heterocycles. The van der Waals surface area contributed by atoms with Gasteiger partial charge in [0.05, 0.1) is 12.6 Å². The van der Waals surface area contributed by atoms with E-state index in [9.17, 15) is 0 Å². The zero-order chi connectivity index (χ0) is 19.3. The van der Waals surface area contributed by atoms with Gasteiger partial charge >= 0.3 is 0 Å². The van der Waals surface area contributed by atoms with E-state index in [0.717, 1.165) is 51.7 Å². The van der Waals surface area contributed by atoms with Gasteiger partial charge in [0, 0.05) is 50.3 Å². The SMILES string of the molecule is CCNC(=NCC1CN(C)CCN1C)NC1CC(OCC)C12CCCCC2. The first-order valence-corrected chi connectivity index (χ1v) is 11.1. The summed E-state index contributed by atoms with van der Waals surface area (Å²) < 4.78 is 6.11. The van der Waals surface area contributed by atoms with Crippen LogP contribution in [0.5, 0.6) is 0 Å². The molecule has 1 aliphatic heterocycles. The number of hydrogen-bond donors (Lipinski definition) is 2. The molecule has 1 heterocycles. The number of piperazine rings is 1. The van der Waals surface area contributed by atoms with Crippen molar-refractivity contribution in [2.75, 3.05) is 53.4 Å². The van der Waals surface area contributed by atoms with Crippen molar-refractivity contribution in [2.45, 2.75) is 70.6 Å². The average Bonchev–Trinajstić information content (AvgIpc) is 2.68. The van der Waals surface area contributed by atoms with E-state index >= 15 is 0 Å². The summed E-state index contributed by atoms with van der Waals surface area (Å²) in [6.45, 7) is 10.2. The Bertz CT molecular complexity index is 491. The lowest BCUT2D eigenvalue weighted by Gasteiger charge is -2.58. The average molecular weight is 380 g/mol. The van der Waals surface area contributed by atoms with Crippen molar-refractivity contribution in [3.63, 3.8) is 0 Å². The molecule has 0 amide bonds. The van der Waals surface area contributed by atoms with Gasteiger partial charge in [0.15, 0.2) is 5.96 Å². The number of hydrogen-bond acceptors (Lipinski definition) is 4. The highest BCUT2D eigenvalue weighted by Gasteiger charge is 2.55. The monoisotopic (exact) mass is 379 g/mol. The van der Waals surface area contributed by atoms with Gasteiger partial charge < -0.3 is 20.3 Å². The minimum atomic E-state index is 0.326. The van der Waals surface area contributed by atoms with Gasteiger partial charge in [-0.1, -0.05) is 19.3 Å². The molecular formula is C21H41N5O. The summed E-state index contributed by atoms with van der Waals surface area (Å²) in [5.74, 6) is 0.990. The van der Waals surface area contributed by atoms with E-state index in [0.29, 0.717) is 23.6 Å². The Morgan fingerprint density at radius 2 is 1.93 bits per heavy atom. The van der Waals surface area contributed by atoms with Gasteiger partial charge in [0.1, 0.15) is 0 Å². The number of likely N-dealkylation sites (N-methyl/N-ethyl adjacent to an activating group) is 2. The first-order chi connectivity index (χ1) is 13.1. The van der Waals surface area contributed by atoms with Crippen LogP contribution in [0.3, 0.4) is 0 Å². The Kier molecular flexibility index (Phi) is 7.40. The van der Waals surface area contributed by atoms with Crippen LogP contribution in [0.15, 0.2) is 4.99 Å². The minimum Gasteiger partial charge on any atom is -0.378 e. The van der Waals surface area contributed by atoms with Crippen LogP contribution >= 0.6 is 0 Å². The summed E-state index contributed by atoms with van der Waals surface area (Å²) in [5.41, 5.74) is 0.326. The van der Waals surface area contributed by atoms with E-state index < -0.39 is 0 Å². The second-order valence-corrected chi connectivity index (χ2v) is 8.79. The van der Waals surface area contributed by atoms with Crippen LogP contribution in [0.2, 0.25) is 0 Å². The standard InChI is InChI=1S/C21H41N5O/c1-5-22-20(23-15-17-16-25(3)12-13-26(17)4)24-18-14-19(27-6-2)21(18)10-8-7-9-11-21/h17-19H,5-16H2,1-4H3,(H2,22,23,24). The van der Waals surface area contributed by atoms with Gasteiger partial charge in [0.25, 0.3) is 0 Å². The Morgan fingerprint density at radius 3 is 2.63 bits per heavy atom. The topological polar surface area (TPSA) is 52.1 Å². The van der Waals surface area contributed by atoms with E-state index in [2.05, 4.69) is 48.4 Å². The van der Waals surface area contributed by atoms with Crippen LogP contribution in [0.4, 0.5) is 0 Å². The van der Waals surface area contributed by atoms with E-state index in [-0.39, 0.29) is 0 Å². The summed E-state index contributed by atoms with van der Waals surface area (Å²) >= 11 is 0. The van der Waals surface area contributed by atoms with Gasteiger partial charge in [-0.2, -0.15) is 0 Å². The first kappa shape index (κ1) is 20.9. The maximum Gasteiger partial charge on any atom is 0.191 e. The third-order valence-electron chi connectivity index (χ3n) is 7.03. The lowest BCUT2D eigenvalue weighted by atomic mass is 9.55. The third kappa shape index (κ3) is 4.77. The molecule has 3 atom stereocenters. The molecule has 0 aromatic carbocycles. The van der Waals surface area contributed by atoms with Crippen LogP contribution in [-0.2, 0) is 4.74 Å². The zero-order valence-electron chi connectivity index (χ0n) is 18.0. The van der Waals surface area contributed by atoms with Crippen molar-refractivity contribution in [1.82, 2.24) is 20.4 Å². The molecule has 0 aromatic heterocycles. The molecule has 3 rings (SSSR count). The van der Waals surface area contributed by atoms with Gasteiger partial charge in [-0.05, 0) is 47.2 Å². The van der Waals surface area contributed by atoms with Crippen LogP contribution in [-0.4, -0.2) is 87.4 Å². The van der Waals surface area contributed by atoms with E-state index in [1.807, 2.05) is 0 Å². The Morgan fingerprint density at radius 1 is 1.15 bits per heavy atom. The van der Waals surface area contributed by atoms with Crippen molar-refractivity contribution in [3.05, 3.63) is 0 Å². The number of nitrogens with one attached hydrogen (secondary N) is 2. The maximum absolute atomic E-state index is 6.11. The molecule has 0 aromatic rings. The van der Waals surface area contributed by atoms with Crippen LogP contribution in [0.1, 0.15) is 52.4 Å². The minimum absolute atomic E-state index is 0.326. The van der Waals surface area contributed by atoms with E-state index in [1.54, 1.807) is 0 Å². The van der Waals surface area contributed by atoms with Crippen LogP contribution < -0.4 is 10.6 Å². The number of ether oxygens (including phenoxy) is 1. The highest BCUT2D eigenvalue weighted by Crippen LogP contribution is 2.53. The second kappa shape index (κ2) is 9.57. The van der Waals surface area contributed by atoms with Crippen molar-refractivity contribution < 1.29 is 4.74 Å². The number of rotatable bonds is 6. The molecule has 3 aliphatic rings. The normalized spacial score (nSPS) is 32.3. The zero-order valence-corrected chi connectivity index (χ0v) is 18.0. The smallest absolute Gasteiger partial charge is 0.191 e. The van der Waals surface area contributed by atoms with Gasteiger partial charge in [-0.25, -0.2) is 0 Å². The second-order valence-electron chi connectivity index (χ2n) is 8.79. The summed E-state index contributed by atoms with van der Waals surface area (Å²) in [4.78, 5) is 9.84. The number of guanidine groups is 1. The molecule has 156 valence electrons. The predicted octanol–water partition coefficient (Wildman–Crippen LogP) is 1.92. The van der Waals surface area contributed by atoms with E-state index in [1.165, 1.54) is 32.1 Å². The van der Waals surface area contributed by atoms with Crippen molar-refractivity contribution >= 4 is 5.96 Å². The fourth-order valence-corrected chi connectivity index (χ4v) is 5.25.